The molecule has 1 heterocycles. The van der Waals surface area contributed by atoms with Crippen molar-refractivity contribution in [2.75, 3.05) is 6.61 Å². The minimum atomic E-state index is -1.12. The largest absolute Gasteiger partial charge is 0.478 e. The van der Waals surface area contributed by atoms with Crippen LogP contribution in [-0.2, 0) is 11.3 Å². The van der Waals surface area contributed by atoms with E-state index in [9.17, 15) is 19.5 Å². The molecule has 156 valence electrons. The molecule has 1 aliphatic carbocycles. The summed E-state index contributed by atoms with van der Waals surface area (Å²) in [5.74, 6) is -1.70. The summed E-state index contributed by atoms with van der Waals surface area (Å²) in [6.45, 7) is 0.688. The highest BCUT2D eigenvalue weighted by atomic mass is 16.5. The number of nitrogens with zero attached hydrogens (tertiary/aromatic N) is 1. The smallest absolute Gasteiger partial charge is 0.335 e. The lowest BCUT2D eigenvalue weighted by atomic mass is 9.83. The molecule has 2 aromatic rings. The SMILES string of the molecule is O=C(O)c1ccc2c(c1)C(=O)N(C(COCc1ccccc1)C1CCCCC1)C2=O. The summed E-state index contributed by atoms with van der Waals surface area (Å²) in [7, 11) is 0. The number of carbonyl (C=O) groups is 3. The Kier molecular flexibility index (Phi) is 5.95. The molecular weight excluding hydrogens is 382 g/mol. The number of fused-ring (bicyclic) bond motifs is 1. The molecule has 0 saturated heterocycles. The lowest BCUT2D eigenvalue weighted by molar-refractivity contribution is 0.0178. The number of imide groups is 1. The van der Waals surface area contributed by atoms with Crippen molar-refractivity contribution in [1.82, 2.24) is 4.90 Å². The fourth-order valence-corrected chi connectivity index (χ4v) is 4.51. The van der Waals surface area contributed by atoms with Gasteiger partial charge < -0.3 is 9.84 Å². The number of ether oxygens (including phenoxy) is 1. The fraction of sp³-hybridized carbons (Fsp3) is 0.375. The normalized spacial score (nSPS) is 17.8. The number of rotatable bonds is 7. The van der Waals surface area contributed by atoms with Gasteiger partial charge in [-0.2, -0.15) is 0 Å². The third kappa shape index (κ3) is 4.00. The summed E-state index contributed by atoms with van der Waals surface area (Å²) in [6.07, 6.45) is 5.22. The fourth-order valence-electron chi connectivity index (χ4n) is 4.51. The van der Waals surface area contributed by atoms with E-state index >= 15 is 0 Å². The van der Waals surface area contributed by atoms with E-state index in [1.54, 1.807) is 0 Å². The molecule has 2 aliphatic rings. The topological polar surface area (TPSA) is 83.9 Å². The maximum Gasteiger partial charge on any atom is 0.335 e. The standard InChI is InChI=1S/C24H25NO5/c26-22-19-12-11-18(24(28)29)13-20(19)23(27)25(22)21(17-9-5-2-6-10-17)15-30-14-16-7-3-1-4-8-16/h1,3-4,7-8,11-13,17,21H,2,5-6,9-10,14-15H2,(H,28,29). The Hall–Kier alpha value is -2.99. The van der Waals surface area contributed by atoms with Crippen molar-refractivity contribution in [1.29, 1.82) is 0 Å². The van der Waals surface area contributed by atoms with Gasteiger partial charge in [-0.25, -0.2) is 4.79 Å². The van der Waals surface area contributed by atoms with Crippen LogP contribution < -0.4 is 0 Å². The van der Waals surface area contributed by atoms with Crippen LogP contribution in [0.25, 0.3) is 0 Å². The molecule has 1 fully saturated rings. The average molecular weight is 407 g/mol. The number of carboxylic acids is 1. The van der Waals surface area contributed by atoms with Gasteiger partial charge >= 0.3 is 5.97 Å². The number of benzene rings is 2. The first-order valence-electron chi connectivity index (χ1n) is 10.4. The van der Waals surface area contributed by atoms with Gasteiger partial charge in [0.25, 0.3) is 11.8 Å². The van der Waals surface area contributed by atoms with Crippen LogP contribution in [-0.4, -0.2) is 40.4 Å². The molecule has 30 heavy (non-hydrogen) atoms. The average Bonchev–Trinajstić information content (AvgIpc) is 3.02. The predicted molar refractivity (Wildman–Crippen MR) is 110 cm³/mol. The number of carbonyl (C=O) groups excluding carboxylic acids is 2. The summed E-state index contributed by atoms with van der Waals surface area (Å²) in [5.41, 5.74) is 1.48. The van der Waals surface area contributed by atoms with Crippen molar-refractivity contribution in [3.8, 4) is 0 Å². The molecule has 1 unspecified atom stereocenters. The molecular formula is C24H25NO5. The number of amides is 2. The molecule has 0 radical (unpaired) electrons. The molecule has 2 amide bonds. The van der Waals surface area contributed by atoms with Gasteiger partial charge in [-0.15, -0.1) is 0 Å². The van der Waals surface area contributed by atoms with Gasteiger partial charge in [-0.3, -0.25) is 14.5 Å². The van der Waals surface area contributed by atoms with Gasteiger partial charge in [0.15, 0.2) is 0 Å². The third-order valence-corrected chi connectivity index (χ3v) is 6.09. The highest BCUT2D eigenvalue weighted by Crippen LogP contribution is 2.34. The van der Waals surface area contributed by atoms with Gasteiger partial charge in [0.2, 0.25) is 0 Å². The van der Waals surface area contributed by atoms with Gasteiger partial charge in [-0.1, -0.05) is 49.6 Å². The molecule has 1 saturated carbocycles. The van der Waals surface area contributed by atoms with E-state index in [4.69, 9.17) is 4.74 Å². The number of aromatic carboxylic acids is 1. The second-order valence-corrected chi connectivity index (χ2v) is 8.01. The summed E-state index contributed by atoms with van der Waals surface area (Å²) in [4.78, 5) is 38.9. The first kappa shape index (κ1) is 20.3. The third-order valence-electron chi connectivity index (χ3n) is 6.09. The maximum atomic E-state index is 13.2. The van der Waals surface area contributed by atoms with Crippen molar-refractivity contribution in [3.63, 3.8) is 0 Å². The monoisotopic (exact) mass is 407 g/mol. The zero-order chi connectivity index (χ0) is 21.1. The van der Waals surface area contributed by atoms with Crippen LogP contribution in [0.5, 0.6) is 0 Å². The molecule has 1 N–H and O–H groups in total. The van der Waals surface area contributed by atoms with Crippen LogP contribution >= 0.6 is 0 Å². The van der Waals surface area contributed by atoms with Gasteiger partial charge in [0.1, 0.15) is 0 Å². The zero-order valence-corrected chi connectivity index (χ0v) is 16.8. The van der Waals surface area contributed by atoms with E-state index in [0.29, 0.717) is 6.61 Å². The Labute approximate surface area is 175 Å². The molecule has 6 heteroatoms. The highest BCUT2D eigenvalue weighted by molar-refractivity contribution is 6.22. The van der Waals surface area contributed by atoms with Crippen LogP contribution in [0.1, 0.15) is 68.7 Å². The first-order chi connectivity index (χ1) is 14.6. The molecule has 6 nitrogen and oxygen atoms in total. The Morgan fingerprint density at radius 2 is 1.70 bits per heavy atom. The minimum absolute atomic E-state index is 0.00583. The lowest BCUT2D eigenvalue weighted by Crippen LogP contribution is -2.47. The van der Waals surface area contributed by atoms with Crippen LogP contribution in [0.3, 0.4) is 0 Å². The Balaban J connectivity index is 1.57. The molecule has 1 atom stereocenters. The van der Waals surface area contributed by atoms with Crippen LogP contribution in [0.2, 0.25) is 0 Å². The maximum absolute atomic E-state index is 13.2. The Morgan fingerprint density at radius 1 is 1.00 bits per heavy atom. The van der Waals surface area contributed by atoms with Crippen LogP contribution in [0.15, 0.2) is 48.5 Å². The number of hydrogen-bond donors (Lipinski definition) is 1. The first-order valence-corrected chi connectivity index (χ1v) is 10.4. The van der Waals surface area contributed by atoms with Crippen LogP contribution in [0.4, 0.5) is 0 Å². The van der Waals surface area contributed by atoms with E-state index in [1.165, 1.54) is 23.1 Å². The molecule has 1 aliphatic heterocycles. The predicted octanol–water partition coefficient (Wildman–Crippen LogP) is 4.15. The molecule has 0 aromatic heterocycles. The van der Waals surface area contributed by atoms with Crippen molar-refractivity contribution in [3.05, 3.63) is 70.8 Å². The van der Waals surface area contributed by atoms with Gasteiger partial charge in [-0.05, 0) is 42.5 Å². The molecule has 0 spiro atoms. The number of carboxylic acid groups (broad SMARTS) is 1. The summed E-state index contributed by atoms with van der Waals surface area (Å²) < 4.78 is 5.96. The van der Waals surface area contributed by atoms with E-state index < -0.39 is 11.9 Å². The molecule has 4 rings (SSSR count). The van der Waals surface area contributed by atoms with E-state index in [0.717, 1.165) is 37.7 Å². The van der Waals surface area contributed by atoms with Gasteiger partial charge in [0, 0.05) is 0 Å². The second kappa shape index (κ2) is 8.79. The van der Waals surface area contributed by atoms with Crippen LogP contribution in [0, 0.1) is 5.92 Å². The summed E-state index contributed by atoms with van der Waals surface area (Å²) in [5, 5.41) is 9.24. The zero-order valence-electron chi connectivity index (χ0n) is 16.8. The molecule has 2 aromatic carbocycles. The summed E-state index contributed by atoms with van der Waals surface area (Å²) in [6, 6.07) is 13.6. The van der Waals surface area contributed by atoms with E-state index in [-0.39, 0.29) is 41.2 Å². The molecule has 0 bridgehead atoms. The Morgan fingerprint density at radius 3 is 2.40 bits per heavy atom. The van der Waals surface area contributed by atoms with E-state index in [1.807, 2.05) is 30.3 Å². The quantitative estimate of drug-likeness (QED) is 0.697. The van der Waals surface area contributed by atoms with E-state index in [2.05, 4.69) is 0 Å². The van der Waals surface area contributed by atoms with Gasteiger partial charge in [0.05, 0.1) is 35.9 Å². The lowest BCUT2D eigenvalue weighted by Gasteiger charge is -2.35. The highest BCUT2D eigenvalue weighted by Gasteiger charge is 2.43. The number of hydrogen-bond acceptors (Lipinski definition) is 4. The van der Waals surface area contributed by atoms with Crippen molar-refractivity contribution in [2.45, 2.75) is 44.8 Å². The summed E-state index contributed by atoms with van der Waals surface area (Å²) >= 11 is 0. The van der Waals surface area contributed by atoms with Crippen molar-refractivity contribution < 1.29 is 24.2 Å². The minimum Gasteiger partial charge on any atom is -0.478 e. The van der Waals surface area contributed by atoms with Crippen molar-refractivity contribution in [2.24, 2.45) is 5.92 Å². The van der Waals surface area contributed by atoms with Crippen molar-refractivity contribution >= 4 is 17.8 Å². The second-order valence-electron chi connectivity index (χ2n) is 8.01. The Bertz CT molecular complexity index is 949.